The van der Waals surface area contributed by atoms with Gasteiger partial charge < -0.3 is 4.74 Å². The van der Waals surface area contributed by atoms with E-state index in [0.29, 0.717) is 28.3 Å². The summed E-state index contributed by atoms with van der Waals surface area (Å²) in [5, 5.41) is 9.06. The van der Waals surface area contributed by atoms with Crippen LogP contribution in [0.25, 0.3) is 11.3 Å². The summed E-state index contributed by atoms with van der Waals surface area (Å²) < 4.78 is 4.81. The second-order valence-corrected chi connectivity index (χ2v) is 5.09. The third-order valence-electron chi connectivity index (χ3n) is 3.60. The highest BCUT2D eigenvalue weighted by Crippen LogP contribution is 2.39. The van der Waals surface area contributed by atoms with E-state index >= 15 is 0 Å². The van der Waals surface area contributed by atoms with Crippen molar-refractivity contribution in [1.29, 1.82) is 5.26 Å². The number of carbonyl (C=O) groups is 1. The Morgan fingerprint density at radius 3 is 2.81 bits per heavy atom. The Bertz CT molecular complexity index is 743. The summed E-state index contributed by atoms with van der Waals surface area (Å²) in [6.07, 6.45) is 2.33. The van der Waals surface area contributed by atoms with Crippen molar-refractivity contribution in [1.82, 2.24) is 4.98 Å². The van der Waals surface area contributed by atoms with Crippen molar-refractivity contribution < 1.29 is 9.53 Å². The Kier molecular flexibility index (Phi) is 3.41. The van der Waals surface area contributed by atoms with E-state index in [9.17, 15) is 4.79 Å². The van der Waals surface area contributed by atoms with Gasteiger partial charge in [-0.25, -0.2) is 4.79 Å². The fourth-order valence-corrected chi connectivity index (χ4v) is 2.32. The van der Waals surface area contributed by atoms with Crippen LogP contribution in [0.2, 0.25) is 0 Å². The minimum absolute atomic E-state index is 0.423. The molecule has 1 heterocycles. The summed E-state index contributed by atoms with van der Waals surface area (Å²) in [4.78, 5) is 16.5. The van der Waals surface area contributed by atoms with Crippen molar-refractivity contribution in [2.75, 3.05) is 7.11 Å². The van der Waals surface area contributed by atoms with Gasteiger partial charge in [0.25, 0.3) is 0 Å². The van der Waals surface area contributed by atoms with Gasteiger partial charge >= 0.3 is 5.97 Å². The van der Waals surface area contributed by atoms with Crippen LogP contribution in [0.5, 0.6) is 0 Å². The lowest BCUT2D eigenvalue weighted by molar-refractivity contribution is 0.0601. The summed E-state index contributed by atoms with van der Waals surface area (Å²) in [6.45, 7) is 0. The lowest BCUT2D eigenvalue weighted by atomic mass is 10.0. The normalized spacial score (nSPS) is 13.5. The maximum Gasteiger partial charge on any atom is 0.338 e. The Morgan fingerprint density at radius 1 is 1.33 bits per heavy atom. The SMILES string of the molecule is COC(=O)c1ccc(C#N)cc1-c1cccc(C2CC2)n1. The zero-order chi connectivity index (χ0) is 14.8. The third-order valence-corrected chi connectivity index (χ3v) is 3.60. The van der Waals surface area contributed by atoms with Crippen LogP contribution >= 0.6 is 0 Å². The molecular formula is C17H14N2O2. The van der Waals surface area contributed by atoms with Crippen LogP contribution < -0.4 is 0 Å². The van der Waals surface area contributed by atoms with Gasteiger partial charge in [-0.15, -0.1) is 0 Å². The van der Waals surface area contributed by atoms with Gasteiger partial charge in [-0.1, -0.05) is 6.07 Å². The maximum absolute atomic E-state index is 11.9. The van der Waals surface area contributed by atoms with E-state index in [1.165, 1.54) is 20.0 Å². The number of pyridine rings is 1. The summed E-state index contributed by atoms with van der Waals surface area (Å²) >= 11 is 0. The molecule has 0 unspecified atom stereocenters. The molecule has 0 bridgehead atoms. The van der Waals surface area contributed by atoms with Crippen LogP contribution in [-0.4, -0.2) is 18.1 Å². The molecule has 1 aliphatic rings. The highest BCUT2D eigenvalue weighted by molar-refractivity contribution is 5.97. The number of hydrogen-bond acceptors (Lipinski definition) is 4. The smallest absolute Gasteiger partial charge is 0.338 e. The van der Waals surface area contributed by atoms with Crippen molar-refractivity contribution in [3.63, 3.8) is 0 Å². The number of nitrogens with zero attached hydrogens (tertiary/aromatic N) is 2. The number of nitriles is 1. The number of methoxy groups -OCH3 is 1. The zero-order valence-corrected chi connectivity index (χ0v) is 11.7. The molecule has 4 nitrogen and oxygen atoms in total. The van der Waals surface area contributed by atoms with Crippen LogP contribution in [-0.2, 0) is 4.74 Å². The molecule has 0 aliphatic heterocycles. The number of carbonyl (C=O) groups excluding carboxylic acids is 1. The summed E-state index contributed by atoms with van der Waals surface area (Å²) in [7, 11) is 1.35. The molecule has 0 atom stereocenters. The van der Waals surface area contributed by atoms with Crippen molar-refractivity contribution in [3.8, 4) is 17.3 Å². The first-order valence-corrected chi connectivity index (χ1v) is 6.82. The van der Waals surface area contributed by atoms with E-state index < -0.39 is 5.97 Å². The van der Waals surface area contributed by atoms with Gasteiger partial charge in [0.05, 0.1) is 30.0 Å². The van der Waals surface area contributed by atoms with E-state index in [1.807, 2.05) is 18.2 Å². The molecule has 0 saturated heterocycles. The van der Waals surface area contributed by atoms with Crippen LogP contribution in [0.4, 0.5) is 0 Å². The molecule has 1 aromatic heterocycles. The number of rotatable bonds is 3. The fourth-order valence-electron chi connectivity index (χ4n) is 2.32. The maximum atomic E-state index is 11.9. The molecular weight excluding hydrogens is 264 g/mol. The zero-order valence-electron chi connectivity index (χ0n) is 11.7. The van der Waals surface area contributed by atoms with Crippen LogP contribution in [0.15, 0.2) is 36.4 Å². The largest absolute Gasteiger partial charge is 0.465 e. The monoisotopic (exact) mass is 278 g/mol. The predicted molar refractivity (Wildman–Crippen MR) is 77.7 cm³/mol. The average Bonchev–Trinajstić information content (AvgIpc) is 3.38. The van der Waals surface area contributed by atoms with Gasteiger partial charge in [-0.05, 0) is 43.2 Å². The first kappa shape index (κ1) is 13.3. The number of esters is 1. The summed E-state index contributed by atoms with van der Waals surface area (Å²) in [5.41, 5.74) is 3.32. The van der Waals surface area contributed by atoms with Crippen molar-refractivity contribution >= 4 is 5.97 Å². The molecule has 4 heteroatoms. The lowest BCUT2D eigenvalue weighted by Gasteiger charge is -2.09. The van der Waals surface area contributed by atoms with E-state index in [-0.39, 0.29) is 0 Å². The Balaban J connectivity index is 2.13. The van der Waals surface area contributed by atoms with Gasteiger partial charge in [0, 0.05) is 17.2 Å². The minimum atomic E-state index is -0.423. The van der Waals surface area contributed by atoms with Crippen molar-refractivity contribution in [2.45, 2.75) is 18.8 Å². The molecule has 0 radical (unpaired) electrons. The molecule has 1 saturated carbocycles. The van der Waals surface area contributed by atoms with Crippen molar-refractivity contribution in [3.05, 3.63) is 53.2 Å². The highest BCUT2D eigenvalue weighted by Gasteiger charge is 2.25. The van der Waals surface area contributed by atoms with Gasteiger partial charge in [-0.3, -0.25) is 4.98 Å². The Hall–Kier alpha value is -2.67. The molecule has 1 fully saturated rings. The van der Waals surface area contributed by atoms with E-state index in [4.69, 9.17) is 10.00 Å². The molecule has 104 valence electrons. The van der Waals surface area contributed by atoms with Gasteiger partial charge in [0.2, 0.25) is 0 Å². The molecule has 1 aliphatic carbocycles. The first-order chi connectivity index (χ1) is 10.2. The Labute approximate surface area is 123 Å². The van der Waals surface area contributed by atoms with Crippen LogP contribution in [0.1, 0.15) is 40.4 Å². The third kappa shape index (κ3) is 2.63. The molecule has 0 spiro atoms. The second-order valence-electron chi connectivity index (χ2n) is 5.09. The standard InChI is InChI=1S/C17H14N2O2/c1-21-17(20)13-8-5-11(10-18)9-14(13)16-4-2-3-15(19-16)12-6-7-12/h2-5,8-9,12H,6-7H2,1H3. The first-order valence-electron chi connectivity index (χ1n) is 6.82. The number of aromatic nitrogens is 1. The van der Waals surface area contributed by atoms with E-state index in [0.717, 1.165) is 5.69 Å². The number of hydrogen-bond donors (Lipinski definition) is 0. The minimum Gasteiger partial charge on any atom is -0.465 e. The van der Waals surface area contributed by atoms with Gasteiger partial charge in [0.1, 0.15) is 0 Å². The topological polar surface area (TPSA) is 63.0 Å². The van der Waals surface area contributed by atoms with E-state index in [2.05, 4.69) is 11.1 Å². The molecule has 2 aromatic rings. The van der Waals surface area contributed by atoms with Gasteiger partial charge in [-0.2, -0.15) is 5.26 Å². The molecule has 0 N–H and O–H groups in total. The fraction of sp³-hybridized carbons (Fsp3) is 0.235. The number of ether oxygens (including phenoxy) is 1. The predicted octanol–water partition coefficient (Wildman–Crippen LogP) is 3.28. The second kappa shape index (κ2) is 5.37. The molecule has 1 aromatic carbocycles. The molecule has 0 amide bonds. The summed E-state index contributed by atoms with van der Waals surface area (Å²) in [5.74, 6) is 0.110. The lowest BCUT2D eigenvalue weighted by Crippen LogP contribution is -2.05. The van der Waals surface area contributed by atoms with Crippen molar-refractivity contribution in [2.24, 2.45) is 0 Å². The van der Waals surface area contributed by atoms with Crippen LogP contribution in [0.3, 0.4) is 0 Å². The van der Waals surface area contributed by atoms with Crippen LogP contribution in [0, 0.1) is 11.3 Å². The summed E-state index contributed by atoms with van der Waals surface area (Å²) in [6, 6.07) is 12.8. The quantitative estimate of drug-likeness (QED) is 0.808. The van der Waals surface area contributed by atoms with E-state index in [1.54, 1.807) is 18.2 Å². The molecule has 21 heavy (non-hydrogen) atoms. The Morgan fingerprint density at radius 2 is 2.14 bits per heavy atom. The molecule has 3 rings (SSSR count). The number of benzene rings is 1. The highest BCUT2D eigenvalue weighted by atomic mass is 16.5. The van der Waals surface area contributed by atoms with Gasteiger partial charge in [0.15, 0.2) is 0 Å². The average molecular weight is 278 g/mol.